The van der Waals surface area contributed by atoms with Crippen LogP contribution >= 0.6 is 0 Å². The van der Waals surface area contributed by atoms with Crippen molar-refractivity contribution in [2.24, 2.45) is 22.7 Å². The summed E-state index contributed by atoms with van der Waals surface area (Å²) in [5.41, 5.74) is 1.03. The van der Waals surface area contributed by atoms with E-state index in [2.05, 4.69) is 19.9 Å². The predicted molar refractivity (Wildman–Crippen MR) is 82.7 cm³/mol. The van der Waals surface area contributed by atoms with Crippen molar-refractivity contribution in [2.45, 2.75) is 60.3 Å². The summed E-state index contributed by atoms with van der Waals surface area (Å²) in [5.74, 6) is -0.445. The molecule has 21 heavy (non-hydrogen) atoms. The largest absolute Gasteiger partial charge is 0.465 e. The average molecular weight is 292 g/mol. The van der Waals surface area contributed by atoms with Crippen molar-refractivity contribution in [1.82, 2.24) is 0 Å². The van der Waals surface area contributed by atoms with Gasteiger partial charge in [-0.05, 0) is 50.9 Å². The van der Waals surface area contributed by atoms with Gasteiger partial charge in [0.1, 0.15) is 5.92 Å². The summed E-state index contributed by atoms with van der Waals surface area (Å²) in [5, 5.41) is 0. The molecule has 0 radical (unpaired) electrons. The highest BCUT2D eigenvalue weighted by atomic mass is 16.5. The van der Waals surface area contributed by atoms with Gasteiger partial charge in [0.15, 0.2) is 5.78 Å². The van der Waals surface area contributed by atoms with Crippen LogP contribution in [0.5, 0.6) is 0 Å². The number of carbonyl (C=O) groups excluding carboxylic acids is 2. The number of carbonyl (C=O) groups is 2. The fourth-order valence-electron chi connectivity index (χ4n) is 3.58. The number of ether oxygens (including phenoxy) is 1. The maximum absolute atomic E-state index is 12.9. The number of rotatable bonds is 2. The fraction of sp³-hybridized carbons (Fsp3) is 0.778. The molecular formula is C18H28O3. The van der Waals surface area contributed by atoms with Crippen molar-refractivity contribution in [3.05, 3.63) is 11.6 Å². The summed E-state index contributed by atoms with van der Waals surface area (Å²) < 4.78 is 5.13. The van der Waals surface area contributed by atoms with Gasteiger partial charge in [0.05, 0.1) is 6.61 Å². The lowest BCUT2D eigenvalue weighted by Gasteiger charge is -2.27. The van der Waals surface area contributed by atoms with E-state index < -0.39 is 5.92 Å². The minimum absolute atomic E-state index is 0.0939. The Labute approximate surface area is 128 Å². The van der Waals surface area contributed by atoms with Gasteiger partial charge in [0, 0.05) is 5.41 Å². The Balaban J connectivity index is 2.29. The molecule has 0 heterocycles. The second kappa shape index (κ2) is 5.58. The Morgan fingerprint density at radius 2 is 2.00 bits per heavy atom. The van der Waals surface area contributed by atoms with Crippen molar-refractivity contribution in [3.8, 4) is 0 Å². The Morgan fingerprint density at radius 1 is 1.33 bits per heavy atom. The van der Waals surface area contributed by atoms with E-state index in [1.165, 1.54) is 0 Å². The van der Waals surface area contributed by atoms with E-state index in [1.54, 1.807) is 6.92 Å². The van der Waals surface area contributed by atoms with Crippen molar-refractivity contribution in [1.29, 1.82) is 0 Å². The molecule has 0 aromatic carbocycles. The van der Waals surface area contributed by atoms with E-state index in [1.807, 2.05) is 13.8 Å². The van der Waals surface area contributed by atoms with Gasteiger partial charge >= 0.3 is 5.97 Å². The van der Waals surface area contributed by atoms with E-state index in [0.29, 0.717) is 18.9 Å². The van der Waals surface area contributed by atoms with Gasteiger partial charge in [-0.2, -0.15) is 0 Å². The van der Waals surface area contributed by atoms with Gasteiger partial charge in [-0.15, -0.1) is 0 Å². The van der Waals surface area contributed by atoms with Crippen molar-refractivity contribution < 1.29 is 14.3 Å². The third-order valence-corrected chi connectivity index (χ3v) is 5.19. The lowest BCUT2D eigenvalue weighted by atomic mass is 9.77. The fourth-order valence-corrected chi connectivity index (χ4v) is 3.58. The smallest absolute Gasteiger partial charge is 0.316 e. The van der Waals surface area contributed by atoms with E-state index in [4.69, 9.17) is 4.74 Å². The minimum Gasteiger partial charge on any atom is -0.465 e. The molecule has 2 rings (SSSR count). The van der Waals surface area contributed by atoms with Crippen molar-refractivity contribution in [2.75, 3.05) is 6.61 Å². The Bertz CT molecular complexity index is 475. The molecular weight excluding hydrogens is 264 g/mol. The molecule has 0 aromatic rings. The zero-order chi connectivity index (χ0) is 15.8. The number of hydrogen-bond acceptors (Lipinski definition) is 3. The Morgan fingerprint density at radius 3 is 2.62 bits per heavy atom. The maximum atomic E-state index is 12.9. The van der Waals surface area contributed by atoms with Crippen molar-refractivity contribution >= 4 is 11.8 Å². The first-order chi connectivity index (χ1) is 9.69. The first-order valence-corrected chi connectivity index (χ1v) is 8.06. The number of esters is 1. The van der Waals surface area contributed by atoms with Gasteiger partial charge in [0.25, 0.3) is 0 Å². The summed E-state index contributed by atoms with van der Waals surface area (Å²) in [7, 11) is 0. The zero-order valence-corrected chi connectivity index (χ0v) is 14.0. The average Bonchev–Trinajstić information content (AvgIpc) is 3.03. The standard InChI is InChI=1S/C18H28O3/c1-6-21-16(20)14-9-12(2)7-8-17(3,4)10-13-11-18(13,5)15(14)19/h7,13-14H,6,8-11H2,1-5H3/b12-7-/t13-,14+,18-/m0/s1. The first-order valence-electron chi connectivity index (χ1n) is 8.06. The van der Waals surface area contributed by atoms with Crippen LogP contribution in [0.4, 0.5) is 0 Å². The van der Waals surface area contributed by atoms with Crippen LogP contribution in [0.3, 0.4) is 0 Å². The zero-order valence-electron chi connectivity index (χ0n) is 14.0. The molecule has 118 valence electrons. The first kappa shape index (κ1) is 16.3. The molecule has 0 bridgehead atoms. The third kappa shape index (κ3) is 3.38. The minimum atomic E-state index is -0.614. The highest BCUT2D eigenvalue weighted by Crippen LogP contribution is 2.59. The molecule has 0 aliphatic heterocycles. The summed E-state index contributed by atoms with van der Waals surface area (Å²) in [6, 6.07) is 0. The highest BCUT2D eigenvalue weighted by Gasteiger charge is 2.59. The molecule has 3 heteroatoms. The molecule has 0 spiro atoms. The predicted octanol–water partition coefficient (Wildman–Crippen LogP) is 3.92. The van der Waals surface area contributed by atoms with Crippen LogP contribution in [0, 0.1) is 22.7 Å². The number of ketones is 1. The van der Waals surface area contributed by atoms with E-state index in [-0.39, 0.29) is 22.6 Å². The summed E-state index contributed by atoms with van der Waals surface area (Å²) in [6.45, 7) is 10.7. The lowest BCUT2D eigenvalue weighted by Crippen LogP contribution is -2.33. The van der Waals surface area contributed by atoms with E-state index in [0.717, 1.165) is 24.8 Å². The van der Waals surface area contributed by atoms with Crippen LogP contribution < -0.4 is 0 Å². The van der Waals surface area contributed by atoms with E-state index in [9.17, 15) is 9.59 Å². The van der Waals surface area contributed by atoms with Crippen LogP contribution in [-0.2, 0) is 14.3 Å². The number of fused-ring (bicyclic) bond motifs is 1. The molecule has 2 aliphatic rings. The highest BCUT2D eigenvalue weighted by molar-refractivity contribution is 6.03. The molecule has 0 N–H and O–H groups in total. The molecule has 3 atom stereocenters. The van der Waals surface area contributed by atoms with Crippen LogP contribution in [-0.4, -0.2) is 18.4 Å². The molecule has 0 unspecified atom stereocenters. The number of allylic oxidation sites excluding steroid dienone is 2. The Kier molecular flexibility index (Phi) is 4.32. The number of hydrogen-bond donors (Lipinski definition) is 0. The van der Waals surface area contributed by atoms with Gasteiger partial charge in [-0.25, -0.2) is 0 Å². The summed E-state index contributed by atoms with van der Waals surface area (Å²) >= 11 is 0. The second-order valence-corrected chi connectivity index (χ2v) is 7.81. The monoisotopic (exact) mass is 292 g/mol. The quantitative estimate of drug-likeness (QED) is 0.440. The SMILES string of the molecule is CCOC(=O)[C@@H]1C/C(C)=C\CC(C)(C)C[C@H]2C[C@]2(C)C1=O. The second-order valence-electron chi connectivity index (χ2n) is 7.81. The van der Waals surface area contributed by atoms with Gasteiger partial charge in [-0.1, -0.05) is 32.4 Å². The molecule has 2 aliphatic carbocycles. The van der Waals surface area contributed by atoms with Crippen LogP contribution in [0.15, 0.2) is 11.6 Å². The van der Waals surface area contributed by atoms with E-state index >= 15 is 0 Å². The topological polar surface area (TPSA) is 43.4 Å². The third-order valence-electron chi connectivity index (χ3n) is 5.19. The molecule has 0 aromatic heterocycles. The summed E-state index contributed by atoms with van der Waals surface area (Å²) in [6.07, 6.45) is 5.69. The Hall–Kier alpha value is -1.12. The number of Topliss-reactive ketones (excluding diaryl/α,β-unsaturated/α-hetero) is 1. The molecule has 0 saturated heterocycles. The van der Waals surface area contributed by atoms with Gasteiger partial charge < -0.3 is 4.74 Å². The van der Waals surface area contributed by atoms with Gasteiger partial charge in [-0.3, -0.25) is 9.59 Å². The van der Waals surface area contributed by atoms with Crippen molar-refractivity contribution in [3.63, 3.8) is 0 Å². The molecule has 0 amide bonds. The van der Waals surface area contributed by atoms with Gasteiger partial charge in [0.2, 0.25) is 0 Å². The van der Waals surface area contributed by atoms with Crippen LogP contribution in [0.2, 0.25) is 0 Å². The van der Waals surface area contributed by atoms with Crippen LogP contribution in [0.1, 0.15) is 60.3 Å². The molecule has 1 fully saturated rings. The lowest BCUT2D eigenvalue weighted by molar-refractivity contribution is -0.153. The normalized spacial score (nSPS) is 38.0. The molecule has 1 saturated carbocycles. The molecule has 3 nitrogen and oxygen atoms in total. The maximum Gasteiger partial charge on any atom is 0.316 e. The van der Waals surface area contributed by atoms with Crippen LogP contribution in [0.25, 0.3) is 0 Å². The summed E-state index contributed by atoms with van der Waals surface area (Å²) in [4.78, 5) is 25.1.